The minimum atomic E-state index is -0.619. The summed E-state index contributed by atoms with van der Waals surface area (Å²) in [4.78, 5) is 37.0. The SMILES string of the molecule is NC(=O)C1CCN(c2ccc(NC(=O)c3cc4c(cc3[N+](=O)[O-])OCCO4)cc2)CC1. The number of anilines is 2. The summed E-state index contributed by atoms with van der Waals surface area (Å²) in [7, 11) is 0. The van der Waals surface area contributed by atoms with E-state index in [1.807, 2.05) is 12.1 Å². The lowest BCUT2D eigenvalue weighted by molar-refractivity contribution is -0.385. The predicted molar refractivity (Wildman–Crippen MR) is 113 cm³/mol. The monoisotopic (exact) mass is 426 g/mol. The van der Waals surface area contributed by atoms with E-state index in [1.165, 1.54) is 12.1 Å². The minimum Gasteiger partial charge on any atom is -0.486 e. The van der Waals surface area contributed by atoms with Crippen molar-refractivity contribution < 1.29 is 24.0 Å². The quantitative estimate of drug-likeness (QED) is 0.553. The lowest BCUT2D eigenvalue weighted by Crippen LogP contribution is -2.38. The Kier molecular flexibility index (Phi) is 5.61. The van der Waals surface area contributed by atoms with Gasteiger partial charge in [0.1, 0.15) is 18.8 Å². The number of nitrogens with one attached hydrogen (secondary N) is 1. The summed E-state index contributed by atoms with van der Waals surface area (Å²) in [6.07, 6.45) is 1.42. The Balaban J connectivity index is 1.47. The fourth-order valence-electron chi connectivity index (χ4n) is 3.79. The number of carbonyl (C=O) groups is 2. The molecule has 2 amide bonds. The largest absolute Gasteiger partial charge is 0.486 e. The zero-order chi connectivity index (χ0) is 22.0. The van der Waals surface area contributed by atoms with Crippen LogP contribution in [0, 0.1) is 16.0 Å². The average Bonchev–Trinajstić information content (AvgIpc) is 2.78. The van der Waals surface area contributed by atoms with Crippen LogP contribution in [0.15, 0.2) is 36.4 Å². The van der Waals surface area contributed by atoms with Crippen LogP contribution in [0.25, 0.3) is 0 Å². The second kappa shape index (κ2) is 8.50. The number of nitrogens with zero attached hydrogens (tertiary/aromatic N) is 2. The molecule has 3 N–H and O–H groups in total. The number of fused-ring (bicyclic) bond motifs is 1. The van der Waals surface area contributed by atoms with Crippen LogP contribution in [0.5, 0.6) is 11.5 Å². The summed E-state index contributed by atoms with van der Waals surface area (Å²) >= 11 is 0. The molecule has 10 nitrogen and oxygen atoms in total. The first kappa shape index (κ1) is 20.5. The van der Waals surface area contributed by atoms with Crippen LogP contribution in [0.3, 0.4) is 0 Å². The summed E-state index contributed by atoms with van der Waals surface area (Å²) < 4.78 is 10.8. The fraction of sp³-hybridized carbons (Fsp3) is 0.333. The Morgan fingerprint density at radius 3 is 2.26 bits per heavy atom. The maximum Gasteiger partial charge on any atom is 0.286 e. The molecule has 0 unspecified atom stereocenters. The van der Waals surface area contributed by atoms with E-state index in [0.717, 1.165) is 18.8 Å². The third-order valence-corrected chi connectivity index (χ3v) is 5.49. The van der Waals surface area contributed by atoms with E-state index in [1.54, 1.807) is 12.1 Å². The molecule has 2 aromatic rings. The molecule has 0 atom stereocenters. The first-order valence-electron chi connectivity index (χ1n) is 9.96. The molecule has 10 heteroatoms. The molecule has 0 aromatic heterocycles. The van der Waals surface area contributed by atoms with Crippen LogP contribution in [0.2, 0.25) is 0 Å². The molecule has 2 aliphatic heterocycles. The van der Waals surface area contributed by atoms with Crippen LogP contribution in [-0.2, 0) is 4.79 Å². The van der Waals surface area contributed by atoms with Gasteiger partial charge in [0.25, 0.3) is 11.6 Å². The van der Waals surface area contributed by atoms with Gasteiger partial charge < -0.3 is 25.4 Å². The maximum absolute atomic E-state index is 12.7. The van der Waals surface area contributed by atoms with E-state index < -0.39 is 10.8 Å². The molecule has 0 saturated carbocycles. The number of nitro benzene ring substituents is 1. The molecular formula is C21H22N4O6. The van der Waals surface area contributed by atoms with E-state index in [4.69, 9.17) is 15.2 Å². The van der Waals surface area contributed by atoms with Gasteiger partial charge in [0.15, 0.2) is 11.5 Å². The van der Waals surface area contributed by atoms with Crippen LogP contribution >= 0.6 is 0 Å². The van der Waals surface area contributed by atoms with E-state index in [9.17, 15) is 19.7 Å². The summed E-state index contributed by atoms with van der Waals surface area (Å²) in [5.74, 6) is -0.406. The second-order valence-electron chi connectivity index (χ2n) is 7.43. The third kappa shape index (κ3) is 4.37. The van der Waals surface area contributed by atoms with Gasteiger partial charge >= 0.3 is 0 Å². The lowest BCUT2D eigenvalue weighted by Gasteiger charge is -2.32. The van der Waals surface area contributed by atoms with Crippen LogP contribution in [0.4, 0.5) is 17.1 Å². The number of carbonyl (C=O) groups excluding carboxylic acids is 2. The lowest BCUT2D eigenvalue weighted by atomic mass is 9.96. The van der Waals surface area contributed by atoms with Gasteiger partial charge in [-0.15, -0.1) is 0 Å². The van der Waals surface area contributed by atoms with Gasteiger partial charge in [0, 0.05) is 36.4 Å². The number of hydrogen-bond donors (Lipinski definition) is 2. The fourth-order valence-corrected chi connectivity index (χ4v) is 3.79. The number of benzene rings is 2. The van der Waals surface area contributed by atoms with Crippen LogP contribution in [0.1, 0.15) is 23.2 Å². The molecule has 4 rings (SSSR count). The highest BCUT2D eigenvalue weighted by Crippen LogP contribution is 2.37. The van der Waals surface area contributed by atoms with E-state index >= 15 is 0 Å². The van der Waals surface area contributed by atoms with Crippen LogP contribution in [-0.4, -0.2) is 43.0 Å². The number of nitrogens with two attached hydrogens (primary N) is 1. The number of nitro groups is 1. The molecule has 0 aliphatic carbocycles. The molecule has 0 bridgehead atoms. The Morgan fingerprint density at radius 1 is 1.06 bits per heavy atom. The van der Waals surface area contributed by atoms with Crippen molar-refractivity contribution >= 4 is 28.9 Å². The Labute approximate surface area is 178 Å². The summed E-state index contributed by atoms with van der Waals surface area (Å²) in [5, 5.41) is 14.1. The van der Waals surface area contributed by atoms with Crippen molar-refractivity contribution in [3.8, 4) is 11.5 Å². The normalized spacial score (nSPS) is 15.9. The van der Waals surface area contributed by atoms with Gasteiger partial charge in [0.05, 0.1) is 11.0 Å². The van der Waals surface area contributed by atoms with Crippen molar-refractivity contribution in [1.82, 2.24) is 0 Å². The summed E-state index contributed by atoms with van der Waals surface area (Å²) in [5.41, 5.74) is 6.39. The number of hydrogen-bond acceptors (Lipinski definition) is 7. The highest BCUT2D eigenvalue weighted by Gasteiger charge is 2.27. The van der Waals surface area contributed by atoms with E-state index in [-0.39, 0.29) is 28.8 Å². The van der Waals surface area contributed by atoms with Gasteiger partial charge in [-0.1, -0.05) is 0 Å². The van der Waals surface area contributed by atoms with Crippen molar-refractivity contribution in [1.29, 1.82) is 0 Å². The molecular weight excluding hydrogens is 404 g/mol. The standard InChI is InChI=1S/C21H22N4O6/c22-20(26)13-5-7-24(8-6-13)15-3-1-14(2-4-15)23-21(27)16-11-18-19(31-10-9-30-18)12-17(16)25(28)29/h1-4,11-13H,5-10H2,(H2,22,26)(H,23,27). The van der Waals surface area contributed by atoms with Gasteiger partial charge in [0.2, 0.25) is 5.91 Å². The molecule has 162 valence electrons. The Morgan fingerprint density at radius 2 is 1.68 bits per heavy atom. The zero-order valence-corrected chi connectivity index (χ0v) is 16.7. The van der Waals surface area contributed by atoms with Crippen molar-refractivity contribution in [3.05, 3.63) is 52.1 Å². The third-order valence-electron chi connectivity index (χ3n) is 5.49. The van der Waals surface area contributed by atoms with Gasteiger partial charge in [-0.05, 0) is 37.1 Å². The number of piperidine rings is 1. The average molecular weight is 426 g/mol. The Hall–Kier alpha value is -3.82. The zero-order valence-electron chi connectivity index (χ0n) is 16.7. The predicted octanol–water partition coefficient (Wildman–Crippen LogP) is 2.32. The highest BCUT2D eigenvalue weighted by atomic mass is 16.6. The van der Waals surface area contributed by atoms with Crippen LogP contribution < -0.4 is 25.4 Å². The molecule has 1 fully saturated rings. The number of primary amides is 1. The maximum atomic E-state index is 12.7. The van der Waals surface area contributed by atoms with E-state index in [0.29, 0.717) is 37.5 Å². The molecule has 2 aromatic carbocycles. The molecule has 0 spiro atoms. The Bertz CT molecular complexity index is 1020. The minimum absolute atomic E-state index is 0.0865. The first-order valence-corrected chi connectivity index (χ1v) is 9.96. The van der Waals surface area contributed by atoms with Crippen molar-refractivity contribution in [2.45, 2.75) is 12.8 Å². The second-order valence-corrected chi connectivity index (χ2v) is 7.43. The highest BCUT2D eigenvalue weighted by molar-refractivity contribution is 6.07. The number of rotatable bonds is 5. The van der Waals surface area contributed by atoms with Gasteiger partial charge in [-0.2, -0.15) is 0 Å². The number of ether oxygens (including phenoxy) is 2. The smallest absolute Gasteiger partial charge is 0.286 e. The van der Waals surface area contributed by atoms with E-state index in [2.05, 4.69) is 10.2 Å². The molecule has 2 aliphatic rings. The summed E-state index contributed by atoms with van der Waals surface area (Å²) in [6, 6.07) is 9.73. The molecule has 0 radical (unpaired) electrons. The molecule has 31 heavy (non-hydrogen) atoms. The van der Waals surface area contributed by atoms with Crippen molar-refractivity contribution in [2.75, 3.05) is 36.5 Å². The number of amides is 2. The van der Waals surface area contributed by atoms with Gasteiger partial charge in [-0.3, -0.25) is 19.7 Å². The molecule has 2 heterocycles. The summed E-state index contributed by atoms with van der Waals surface area (Å²) in [6.45, 7) is 2.05. The molecule has 1 saturated heterocycles. The van der Waals surface area contributed by atoms with Crippen molar-refractivity contribution in [2.24, 2.45) is 11.7 Å². The topological polar surface area (TPSA) is 137 Å². The van der Waals surface area contributed by atoms with Gasteiger partial charge in [-0.25, -0.2) is 0 Å². The van der Waals surface area contributed by atoms with Crippen molar-refractivity contribution in [3.63, 3.8) is 0 Å². The first-order chi connectivity index (χ1) is 14.9.